The number of carbonyl (C=O) groups excluding carboxylic acids is 2. The number of hydroxylamine groups is 1. The molecule has 1 aromatic carbocycles. The van der Waals surface area contributed by atoms with E-state index in [0.717, 1.165) is 5.56 Å². The van der Waals surface area contributed by atoms with Gasteiger partial charge in [-0.1, -0.05) is 6.07 Å². The molecule has 2 heterocycles. The number of nitrogens with one attached hydrogen (secondary N) is 1. The first kappa shape index (κ1) is 15.5. The van der Waals surface area contributed by atoms with Crippen molar-refractivity contribution in [2.45, 2.75) is 38.6 Å². The number of hydrogen-bond acceptors (Lipinski definition) is 5. The molecule has 1 fully saturated rings. The van der Waals surface area contributed by atoms with Gasteiger partial charge in [0.25, 0.3) is 5.91 Å². The van der Waals surface area contributed by atoms with Crippen molar-refractivity contribution in [3.63, 3.8) is 0 Å². The van der Waals surface area contributed by atoms with E-state index in [-0.39, 0.29) is 5.91 Å². The molecule has 1 aromatic heterocycles. The van der Waals surface area contributed by atoms with Crippen LogP contribution in [0.3, 0.4) is 0 Å². The van der Waals surface area contributed by atoms with Gasteiger partial charge in [0, 0.05) is 6.54 Å². The fraction of sp³-hybridized carbons (Fsp3) is 0.438. The summed E-state index contributed by atoms with van der Waals surface area (Å²) < 4.78 is 5.81. The third-order valence-electron chi connectivity index (χ3n) is 4.56. The summed E-state index contributed by atoms with van der Waals surface area (Å²) >= 11 is 0. The number of benzene rings is 1. The Morgan fingerprint density at radius 3 is 2.96 bits per heavy atom. The molecule has 1 aliphatic heterocycles. The van der Waals surface area contributed by atoms with Gasteiger partial charge in [0.15, 0.2) is 5.58 Å². The molecule has 2 amide bonds. The van der Waals surface area contributed by atoms with E-state index in [2.05, 4.69) is 4.98 Å². The first-order valence-electron chi connectivity index (χ1n) is 7.49. The summed E-state index contributed by atoms with van der Waals surface area (Å²) in [6, 6.07) is 4.93. The van der Waals surface area contributed by atoms with Gasteiger partial charge in [-0.05, 0) is 44.9 Å². The van der Waals surface area contributed by atoms with Gasteiger partial charge in [0.1, 0.15) is 17.0 Å². The van der Waals surface area contributed by atoms with Crippen LogP contribution in [0, 0.1) is 6.92 Å². The number of aryl methyl sites for hydroxylation is 1. The summed E-state index contributed by atoms with van der Waals surface area (Å²) in [6.45, 7) is 5.71. The van der Waals surface area contributed by atoms with Crippen molar-refractivity contribution in [1.82, 2.24) is 15.4 Å². The van der Waals surface area contributed by atoms with Gasteiger partial charge in [-0.2, -0.15) is 0 Å². The van der Waals surface area contributed by atoms with Crippen LogP contribution in [0.1, 0.15) is 31.7 Å². The van der Waals surface area contributed by atoms with Gasteiger partial charge in [-0.3, -0.25) is 14.8 Å². The molecule has 2 N–H and O–H groups in total. The molecule has 0 saturated carbocycles. The molecule has 0 bridgehead atoms. The highest BCUT2D eigenvalue weighted by molar-refractivity contribution is 5.94. The van der Waals surface area contributed by atoms with E-state index in [9.17, 15) is 9.59 Å². The Morgan fingerprint density at radius 1 is 1.52 bits per heavy atom. The van der Waals surface area contributed by atoms with Crippen molar-refractivity contribution in [3.05, 3.63) is 29.7 Å². The average Bonchev–Trinajstić information content (AvgIpc) is 3.08. The highest BCUT2D eigenvalue weighted by Gasteiger charge is 2.50. The maximum Gasteiger partial charge on any atom is 0.265 e. The Labute approximate surface area is 133 Å². The fourth-order valence-electron chi connectivity index (χ4n) is 2.94. The molecule has 2 atom stereocenters. The minimum absolute atomic E-state index is 0.225. The molecule has 1 saturated heterocycles. The van der Waals surface area contributed by atoms with Crippen molar-refractivity contribution in [1.29, 1.82) is 0 Å². The van der Waals surface area contributed by atoms with Crippen molar-refractivity contribution in [2.24, 2.45) is 0 Å². The molecule has 23 heavy (non-hydrogen) atoms. The van der Waals surface area contributed by atoms with Crippen LogP contribution in [-0.2, 0) is 15.0 Å². The van der Waals surface area contributed by atoms with E-state index in [0.29, 0.717) is 30.0 Å². The highest BCUT2D eigenvalue weighted by Crippen LogP contribution is 2.37. The summed E-state index contributed by atoms with van der Waals surface area (Å²) in [6.07, 6.45) is 0.501. The molecule has 7 nitrogen and oxygen atoms in total. The van der Waals surface area contributed by atoms with Crippen LogP contribution in [0.4, 0.5) is 0 Å². The Bertz CT molecular complexity index is 785. The van der Waals surface area contributed by atoms with Gasteiger partial charge < -0.3 is 9.32 Å². The predicted octanol–water partition coefficient (Wildman–Crippen LogP) is 1.52. The van der Waals surface area contributed by atoms with Gasteiger partial charge in [0.05, 0.1) is 0 Å². The largest absolute Gasteiger partial charge is 0.440 e. The maximum atomic E-state index is 12.8. The van der Waals surface area contributed by atoms with E-state index < -0.39 is 17.4 Å². The van der Waals surface area contributed by atoms with Crippen LogP contribution >= 0.6 is 0 Å². The summed E-state index contributed by atoms with van der Waals surface area (Å²) in [5, 5.41) is 8.75. The third-order valence-corrected chi connectivity index (χ3v) is 4.56. The van der Waals surface area contributed by atoms with Gasteiger partial charge >= 0.3 is 0 Å². The lowest BCUT2D eigenvalue weighted by atomic mass is 9.89. The molecule has 1 aliphatic rings. The standard InChI is InChI=1S/C16H19N3O4/c1-9-4-5-11-12(8-9)23-14(17-11)16(3)6-7-19(15(16)21)10(2)13(20)18-22/h4-5,8,10,22H,6-7H2,1-3H3,(H,18,20). The zero-order chi connectivity index (χ0) is 16.8. The molecule has 3 rings (SSSR count). The Hall–Kier alpha value is -2.41. The number of amides is 2. The van der Waals surface area contributed by atoms with Crippen molar-refractivity contribution in [3.8, 4) is 0 Å². The number of rotatable bonds is 3. The number of carbonyl (C=O) groups is 2. The number of nitrogens with zero attached hydrogens (tertiary/aromatic N) is 2. The molecule has 0 radical (unpaired) electrons. The highest BCUT2D eigenvalue weighted by atomic mass is 16.5. The predicted molar refractivity (Wildman–Crippen MR) is 81.8 cm³/mol. The summed E-state index contributed by atoms with van der Waals surface area (Å²) in [5.74, 6) is -0.477. The topological polar surface area (TPSA) is 95.7 Å². The number of oxazole rings is 1. The average molecular weight is 317 g/mol. The number of aromatic nitrogens is 1. The van der Waals surface area contributed by atoms with Crippen molar-refractivity contribution >= 4 is 22.9 Å². The van der Waals surface area contributed by atoms with Crippen LogP contribution < -0.4 is 5.48 Å². The number of likely N-dealkylation sites (tertiary alicyclic amines) is 1. The summed E-state index contributed by atoms with van der Waals surface area (Å²) in [7, 11) is 0. The quantitative estimate of drug-likeness (QED) is 0.661. The second-order valence-electron chi connectivity index (χ2n) is 6.22. The Morgan fingerprint density at radius 2 is 2.26 bits per heavy atom. The van der Waals surface area contributed by atoms with Gasteiger partial charge in [0.2, 0.25) is 11.8 Å². The van der Waals surface area contributed by atoms with Crippen LogP contribution in [-0.4, -0.2) is 39.5 Å². The third kappa shape index (κ3) is 2.37. The molecular weight excluding hydrogens is 298 g/mol. The number of fused-ring (bicyclic) bond motifs is 1. The molecular formula is C16H19N3O4. The van der Waals surface area contributed by atoms with Gasteiger partial charge in [-0.25, -0.2) is 10.5 Å². The zero-order valence-corrected chi connectivity index (χ0v) is 13.3. The molecule has 0 aliphatic carbocycles. The molecule has 7 heteroatoms. The summed E-state index contributed by atoms with van der Waals surface area (Å²) in [5.41, 5.74) is 3.09. The first-order valence-corrected chi connectivity index (χ1v) is 7.49. The Kier molecular flexibility index (Phi) is 3.60. The van der Waals surface area contributed by atoms with E-state index in [1.54, 1.807) is 19.3 Å². The zero-order valence-electron chi connectivity index (χ0n) is 13.3. The lowest BCUT2D eigenvalue weighted by Gasteiger charge is -2.24. The lowest BCUT2D eigenvalue weighted by molar-refractivity contribution is -0.143. The van der Waals surface area contributed by atoms with E-state index in [4.69, 9.17) is 9.62 Å². The molecule has 0 spiro atoms. The molecule has 122 valence electrons. The maximum absolute atomic E-state index is 12.8. The minimum atomic E-state index is -0.906. The normalized spacial score (nSPS) is 22.6. The van der Waals surface area contributed by atoms with Crippen molar-refractivity contribution in [2.75, 3.05) is 6.54 Å². The van der Waals surface area contributed by atoms with E-state index in [1.165, 1.54) is 4.90 Å². The van der Waals surface area contributed by atoms with Crippen LogP contribution in [0.5, 0.6) is 0 Å². The second kappa shape index (κ2) is 5.34. The van der Waals surface area contributed by atoms with E-state index >= 15 is 0 Å². The van der Waals surface area contributed by atoms with Gasteiger partial charge in [-0.15, -0.1) is 0 Å². The number of hydrogen-bond donors (Lipinski definition) is 2. The van der Waals surface area contributed by atoms with Crippen LogP contribution in [0.2, 0.25) is 0 Å². The summed E-state index contributed by atoms with van der Waals surface area (Å²) in [4.78, 5) is 30.3. The smallest absolute Gasteiger partial charge is 0.265 e. The monoisotopic (exact) mass is 317 g/mol. The Balaban J connectivity index is 1.95. The minimum Gasteiger partial charge on any atom is -0.440 e. The van der Waals surface area contributed by atoms with E-state index in [1.807, 2.05) is 25.1 Å². The lowest BCUT2D eigenvalue weighted by Crippen LogP contribution is -2.47. The van der Waals surface area contributed by atoms with Crippen molar-refractivity contribution < 1.29 is 19.2 Å². The van der Waals surface area contributed by atoms with Crippen LogP contribution in [0.15, 0.2) is 22.6 Å². The fourth-order valence-corrected chi connectivity index (χ4v) is 2.94. The van der Waals surface area contributed by atoms with Crippen LogP contribution in [0.25, 0.3) is 11.1 Å². The SMILES string of the molecule is Cc1ccc2nc(C3(C)CCN(C(C)C(=O)NO)C3=O)oc2c1. The first-order chi connectivity index (χ1) is 10.9. The molecule has 2 unspecified atom stereocenters. The second-order valence-corrected chi connectivity index (χ2v) is 6.22. The molecule has 2 aromatic rings.